The molecule has 2 aromatic rings. The summed E-state index contributed by atoms with van der Waals surface area (Å²) in [5.41, 5.74) is 5.15. The number of ketones is 1. The molecular weight excluding hydrogens is 344 g/mol. The van der Waals surface area contributed by atoms with Crippen molar-refractivity contribution in [1.29, 1.82) is 0 Å². The molecule has 0 spiro atoms. The van der Waals surface area contributed by atoms with Gasteiger partial charge >= 0.3 is 0 Å². The van der Waals surface area contributed by atoms with Crippen molar-refractivity contribution < 1.29 is 4.79 Å². The number of aromatic nitrogens is 2. The third-order valence-corrected chi connectivity index (χ3v) is 5.66. The second kappa shape index (κ2) is 8.38. The first-order chi connectivity index (χ1) is 13.3. The van der Waals surface area contributed by atoms with Gasteiger partial charge in [0.25, 0.3) is 0 Å². The molecule has 0 unspecified atom stereocenters. The van der Waals surface area contributed by atoms with Crippen LogP contribution in [0.2, 0.25) is 0 Å². The van der Waals surface area contributed by atoms with E-state index in [1.165, 1.54) is 31.2 Å². The standard InChI is InChI=1S/C25H32N2O/c1-6-20(24(28)25(3,4)5)23-21(7-2)26-16-22(27-23)19-14-10-13-18(15-19)17-11-8-9-12-17/h6,10,13-17H,7-9,11-12H2,1-5H3/b20-6+. The van der Waals surface area contributed by atoms with Gasteiger partial charge in [0.05, 0.1) is 23.3 Å². The van der Waals surface area contributed by atoms with Crippen molar-refractivity contribution in [1.82, 2.24) is 9.97 Å². The average molecular weight is 377 g/mol. The van der Waals surface area contributed by atoms with Gasteiger partial charge in [0.2, 0.25) is 0 Å². The van der Waals surface area contributed by atoms with E-state index in [9.17, 15) is 4.79 Å². The Morgan fingerprint density at radius 1 is 1.21 bits per heavy atom. The molecule has 0 aliphatic heterocycles. The minimum absolute atomic E-state index is 0.107. The van der Waals surface area contributed by atoms with Crippen LogP contribution in [0.1, 0.15) is 83.2 Å². The van der Waals surface area contributed by atoms with Crippen molar-refractivity contribution in [2.45, 2.75) is 72.6 Å². The quantitative estimate of drug-likeness (QED) is 0.568. The lowest BCUT2D eigenvalue weighted by Gasteiger charge is -2.20. The van der Waals surface area contributed by atoms with E-state index in [1.807, 2.05) is 40.0 Å². The zero-order chi connectivity index (χ0) is 20.3. The first-order valence-electron chi connectivity index (χ1n) is 10.5. The second-order valence-corrected chi connectivity index (χ2v) is 8.79. The maximum atomic E-state index is 13.0. The van der Waals surface area contributed by atoms with Gasteiger partial charge in [-0.3, -0.25) is 9.78 Å². The Labute approximate surface area is 169 Å². The lowest BCUT2D eigenvalue weighted by Crippen LogP contribution is -2.22. The number of carbonyl (C=O) groups excluding carboxylic acids is 1. The molecule has 3 nitrogen and oxygen atoms in total. The first kappa shape index (κ1) is 20.4. The molecular formula is C25H32N2O. The van der Waals surface area contributed by atoms with Gasteiger partial charge in [-0.05, 0) is 43.7 Å². The number of hydrogen-bond acceptors (Lipinski definition) is 3. The zero-order valence-electron chi connectivity index (χ0n) is 17.9. The van der Waals surface area contributed by atoms with E-state index < -0.39 is 5.41 Å². The van der Waals surface area contributed by atoms with Crippen LogP contribution < -0.4 is 0 Å². The van der Waals surface area contributed by atoms with Gasteiger partial charge in [-0.15, -0.1) is 0 Å². The van der Waals surface area contributed by atoms with Crippen LogP contribution in [0.3, 0.4) is 0 Å². The highest BCUT2D eigenvalue weighted by Crippen LogP contribution is 2.36. The van der Waals surface area contributed by atoms with Crippen molar-refractivity contribution in [2.75, 3.05) is 0 Å². The van der Waals surface area contributed by atoms with E-state index in [2.05, 4.69) is 36.2 Å². The minimum atomic E-state index is -0.451. The van der Waals surface area contributed by atoms with E-state index in [4.69, 9.17) is 4.98 Å². The van der Waals surface area contributed by atoms with Crippen LogP contribution in [0.5, 0.6) is 0 Å². The molecule has 1 aliphatic rings. The smallest absolute Gasteiger partial charge is 0.170 e. The summed E-state index contributed by atoms with van der Waals surface area (Å²) in [5.74, 6) is 0.770. The van der Waals surface area contributed by atoms with Crippen LogP contribution >= 0.6 is 0 Å². The summed E-state index contributed by atoms with van der Waals surface area (Å²) in [6.45, 7) is 9.82. The molecule has 0 amide bonds. The Hall–Kier alpha value is -2.29. The highest BCUT2D eigenvalue weighted by Gasteiger charge is 2.28. The Balaban J connectivity index is 2.04. The number of rotatable bonds is 5. The van der Waals surface area contributed by atoms with Gasteiger partial charge in [0.1, 0.15) is 0 Å². The summed E-state index contributed by atoms with van der Waals surface area (Å²) in [6, 6.07) is 8.71. The van der Waals surface area contributed by atoms with Crippen LogP contribution in [-0.4, -0.2) is 15.8 Å². The largest absolute Gasteiger partial charge is 0.294 e. The topological polar surface area (TPSA) is 42.9 Å². The molecule has 3 rings (SSSR count). The number of nitrogens with zero attached hydrogens (tertiary/aromatic N) is 2. The Kier molecular flexibility index (Phi) is 6.12. The zero-order valence-corrected chi connectivity index (χ0v) is 17.9. The van der Waals surface area contributed by atoms with Gasteiger partial charge in [-0.25, -0.2) is 4.98 Å². The van der Waals surface area contributed by atoms with Gasteiger partial charge in [-0.2, -0.15) is 0 Å². The number of allylic oxidation sites excluding steroid dienone is 2. The Morgan fingerprint density at radius 2 is 1.93 bits per heavy atom. The summed E-state index contributed by atoms with van der Waals surface area (Å²) < 4.78 is 0. The first-order valence-corrected chi connectivity index (χ1v) is 10.5. The maximum Gasteiger partial charge on any atom is 0.170 e. The normalized spacial score (nSPS) is 15.8. The SMILES string of the molecule is C/C=C(/C(=O)C(C)(C)C)c1nc(-c2cccc(C3CCCC3)c2)cnc1CC. The molecule has 0 saturated heterocycles. The molecule has 148 valence electrons. The lowest BCUT2D eigenvalue weighted by atomic mass is 9.84. The predicted molar refractivity (Wildman–Crippen MR) is 116 cm³/mol. The van der Waals surface area contributed by atoms with E-state index in [-0.39, 0.29) is 5.78 Å². The summed E-state index contributed by atoms with van der Waals surface area (Å²) in [4.78, 5) is 22.6. The van der Waals surface area contributed by atoms with Gasteiger partial charge < -0.3 is 0 Å². The molecule has 3 heteroatoms. The molecule has 1 saturated carbocycles. The summed E-state index contributed by atoms with van der Waals surface area (Å²) in [5, 5.41) is 0. The fourth-order valence-electron chi connectivity index (χ4n) is 4.02. The molecule has 0 atom stereocenters. The lowest BCUT2D eigenvalue weighted by molar-refractivity contribution is -0.120. The predicted octanol–water partition coefficient (Wildman–Crippen LogP) is 6.38. The third kappa shape index (κ3) is 4.24. The van der Waals surface area contributed by atoms with Crippen LogP contribution in [0.15, 0.2) is 36.5 Å². The second-order valence-electron chi connectivity index (χ2n) is 8.79. The van der Waals surface area contributed by atoms with Crippen LogP contribution in [-0.2, 0) is 11.2 Å². The fourth-order valence-corrected chi connectivity index (χ4v) is 4.02. The molecule has 1 aromatic heterocycles. The van der Waals surface area contributed by atoms with Crippen molar-refractivity contribution in [3.05, 3.63) is 53.5 Å². The maximum absolute atomic E-state index is 13.0. The minimum Gasteiger partial charge on any atom is -0.294 e. The number of benzene rings is 1. The number of Topliss-reactive ketones (excluding diaryl/α,β-unsaturated/α-hetero) is 1. The van der Waals surface area contributed by atoms with Crippen molar-refractivity contribution >= 4 is 11.4 Å². The molecule has 1 fully saturated rings. The fraction of sp³-hybridized carbons (Fsp3) is 0.480. The summed E-state index contributed by atoms with van der Waals surface area (Å²) in [7, 11) is 0. The van der Waals surface area contributed by atoms with Crippen LogP contribution in [0.4, 0.5) is 0 Å². The highest BCUT2D eigenvalue weighted by molar-refractivity contribution is 6.22. The molecule has 1 aliphatic carbocycles. The number of carbonyl (C=O) groups is 1. The number of aryl methyl sites for hydroxylation is 1. The van der Waals surface area contributed by atoms with Crippen molar-refractivity contribution in [3.63, 3.8) is 0 Å². The molecule has 1 heterocycles. The van der Waals surface area contributed by atoms with E-state index >= 15 is 0 Å². The Bertz CT molecular complexity index is 884. The van der Waals surface area contributed by atoms with E-state index in [1.54, 1.807) is 0 Å². The molecule has 0 N–H and O–H groups in total. The highest BCUT2D eigenvalue weighted by atomic mass is 16.1. The molecule has 1 aromatic carbocycles. The molecule has 28 heavy (non-hydrogen) atoms. The van der Waals surface area contributed by atoms with E-state index in [0.29, 0.717) is 11.5 Å². The van der Waals surface area contributed by atoms with Crippen molar-refractivity contribution in [3.8, 4) is 11.3 Å². The Morgan fingerprint density at radius 3 is 2.54 bits per heavy atom. The summed E-state index contributed by atoms with van der Waals surface area (Å²) >= 11 is 0. The van der Waals surface area contributed by atoms with Crippen LogP contribution in [0.25, 0.3) is 16.8 Å². The van der Waals surface area contributed by atoms with Crippen molar-refractivity contribution in [2.24, 2.45) is 5.41 Å². The summed E-state index contributed by atoms with van der Waals surface area (Å²) in [6.07, 6.45) is 9.68. The molecule has 0 bridgehead atoms. The van der Waals surface area contributed by atoms with Gasteiger partial charge in [-0.1, -0.05) is 64.8 Å². The molecule has 0 radical (unpaired) electrons. The van der Waals surface area contributed by atoms with Gasteiger partial charge in [0, 0.05) is 16.6 Å². The third-order valence-electron chi connectivity index (χ3n) is 5.66. The van der Waals surface area contributed by atoms with Gasteiger partial charge in [0.15, 0.2) is 5.78 Å². The average Bonchev–Trinajstić information content (AvgIpc) is 3.23. The van der Waals surface area contributed by atoms with Crippen LogP contribution in [0, 0.1) is 5.41 Å². The monoisotopic (exact) mass is 376 g/mol. The number of hydrogen-bond donors (Lipinski definition) is 0. The van der Waals surface area contributed by atoms with E-state index in [0.717, 1.165) is 29.1 Å².